The molecule has 0 fully saturated rings. The first-order valence-electron chi connectivity index (χ1n) is 7.64. The number of amides is 1. The summed E-state index contributed by atoms with van der Waals surface area (Å²) in [6.45, 7) is 3.76. The molecule has 2 rings (SSSR count). The zero-order valence-corrected chi connectivity index (χ0v) is 13.3. The van der Waals surface area contributed by atoms with Crippen LogP contribution in [0.5, 0.6) is 0 Å². The average Bonchev–Trinajstić information content (AvgIpc) is 3.10. The Morgan fingerprint density at radius 1 is 1.22 bits per heavy atom. The number of carbonyl (C=O) groups is 2. The molecule has 6 heteroatoms. The fraction of sp³-hybridized carbons (Fsp3) is 0.353. The number of carboxylic acid groups (broad SMARTS) is 1. The fourth-order valence-corrected chi connectivity index (χ4v) is 2.42. The minimum atomic E-state index is -0.912. The van der Waals surface area contributed by atoms with Gasteiger partial charge < -0.3 is 10.4 Å². The summed E-state index contributed by atoms with van der Waals surface area (Å²) in [6, 6.07) is 8.82. The van der Waals surface area contributed by atoms with E-state index in [4.69, 9.17) is 0 Å². The fourth-order valence-electron chi connectivity index (χ4n) is 2.42. The summed E-state index contributed by atoms with van der Waals surface area (Å²) in [5.74, 6) is -1.15. The Morgan fingerprint density at radius 3 is 2.35 bits per heavy atom. The third kappa shape index (κ3) is 3.59. The lowest BCUT2D eigenvalue weighted by Gasteiger charge is -2.26. The molecule has 1 aromatic carbocycles. The van der Waals surface area contributed by atoms with Crippen molar-refractivity contribution in [3.8, 4) is 5.69 Å². The molecule has 0 spiro atoms. The predicted molar refractivity (Wildman–Crippen MR) is 86.5 cm³/mol. The van der Waals surface area contributed by atoms with Crippen molar-refractivity contribution < 1.29 is 14.7 Å². The van der Waals surface area contributed by atoms with Crippen LogP contribution in [0.4, 0.5) is 0 Å². The second kappa shape index (κ2) is 7.09. The zero-order chi connectivity index (χ0) is 16.9. The number of nitrogens with zero attached hydrogens (tertiary/aromatic N) is 2. The minimum absolute atomic E-state index is 0.120. The smallest absolute Gasteiger partial charge is 0.311 e. The summed E-state index contributed by atoms with van der Waals surface area (Å²) in [5, 5.41) is 16.2. The maximum Gasteiger partial charge on any atom is 0.311 e. The number of benzene rings is 1. The summed E-state index contributed by atoms with van der Waals surface area (Å²) in [4.78, 5) is 23.7. The van der Waals surface area contributed by atoms with E-state index in [1.54, 1.807) is 35.1 Å². The largest absolute Gasteiger partial charge is 0.481 e. The van der Waals surface area contributed by atoms with E-state index in [-0.39, 0.29) is 12.5 Å². The van der Waals surface area contributed by atoms with Crippen LogP contribution in [0.2, 0.25) is 0 Å². The summed E-state index contributed by atoms with van der Waals surface area (Å²) < 4.78 is 1.70. The lowest BCUT2D eigenvalue weighted by Crippen LogP contribution is -2.42. The molecular weight excluding hydrogens is 294 g/mol. The van der Waals surface area contributed by atoms with Crippen LogP contribution < -0.4 is 5.32 Å². The standard InChI is InChI=1S/C17H21N3O3/c1-3-17(4-2,16(22)23)12-18-15(21)13-6-8-14(9-7-13)20-11-5-10-19-20/h5-11H,3-4,12H2,1-2H3,(H,18,21)(H,22,23). The summed E-state index contributed by atoms with van der Waals surface area (Å²) in [7, 11) is 0. The molecule has 0 atom stereocenters. The lowest BCUT2D eigenvalue weighted by atomic mass is 9.82. The lowest BCUT2D eigenvalue weighted by molar-refractivity contribution is -0.149. The summed E-state index contributed by atoms with van der Waals surface area (Å²) in [6.07, 6.45) is 4.44. The third-order valence-corrected chi connectivity index (χ3v) is 4.29. The van der Waals surface area contributed by atoms with Crippen LogP contribution in [0.3, 0.4) is 0 Å². The molecule has 2 N–H and O–H groups in total. The van der Waals surface area contributed by atoms with Crippen LogP contribution in [-0.2, 0) is 4.79 Å². The van der Waals surface area contributed by atoms with E-state index in [1.165, 1.54) is 0 Å². The van der Waals surface area contributed by atoms with Crippen molar-refractivity contribution in [3.63, 3.8) is 0 Å². The minimum Gasteiger partial charge on any atom is -0.481 e. The quantitative estimate of drug-likeness (QED) is 0.822. The highest BCUT2D eigenvalue weighted by Gasteiger charge is 2.35. The number of hydrogen-bond acceptors (Lipinski definition) is 3. The van der Waals surface area contributed by atoms with Gasteiger partial charge in [0.15, 0.2) is 0 Å². The second-order valence-electron chi connectivity index (χ2n) is 5.47. The van der Waals surface area contributed by atoms with Gasteiger partial charge in [-0.3, -0.25) is 9.59 Å². The van der Waals surface area contributed by atoms with Gasteiger partial charge in [0, 0.05) is 24.5 Å². The van der Waals surface area contributed by atoms with Crippen molar-refractivity contribution in [2.45, 2.75) is 26.7 Å². The molecule has 1 aromatic heterocycles. The zero-order valence-electron chi connectivity index (χ0n) is 13.3. The third-order valence-electron chi connectivity index (χ3n) is 4.29. The van der Waals surface area contributed by atoms with Gasteiger partial charge in [0.1, 0.15) is 0 Å². The van der Waals surface area contributed by atoms with Crippen LogP contribution in [-0.4, -0.2) is 33.3 Å². The average molecular weight is 315 g/mol. The van der Waals surface area contributed by atoms with E-state index >= 15 is 0 Å². The van der Waals surface area contributed by atoms with E-state index < -0.39 is 11.4 Å². The molecule has 2 aromatic rings. The summed E-state index contributed by atoms with van der Waals surface area (Å²) >= 11 is 0. The highest BCUT2D eigenvalue weighted by Crippen LogP contribution is 2.25. The van der Waals surface area contributed by atoms with Gasteiger partial charge in [-0.1, -0.05) is 13.8 Å². The Morgan fingerprint density at radius 2 is 1.87 bits per heavy atom. The Kier molecular flexibility index (Phi) is 5.16. The number of aromatic nitrogens is 2. The molecule has 0 saturated carbocycles. The van der Waals surface area contributed by atoms with Gasteiger partial charge in [-0.15, -0.1) is 0 Å². The highest BCUT2D eigenvalue weighted by atomic mass is 16.4. The van der Waals surface area contributed by atoms with Gasteiger partial charge in [-0.2, -0.15) is 5.10 Å². The molecule has 0 aliphatic heterocycles. The Balaban J connectivity index is 2.05. The molecule has 1 amide bonds. The molecule has 122 valence electrons. The van der Waals surface area contributed by atoms with Crippen molar-refractivity contribution in [2.24, 2.45) is 5.41 Å². The molecule has 6 nitrogen and oxygen atoms in total. The first-order valence-corrected chi connectivity index (χ1v) is 7.64. The maximum absolute atomic E-state index is 12.2. The van der Waals surface area contributed by atoms with Crippen molar-refractivity contribution in [3.05, 3.63) is 48.3 Å². The topological polar surface area (TPSA) is 84.2 Å². The van der Waals surface area contributed by atoms with Crippen LogP contribution >= 0.6 is 0 Å². The summed E-state index contributed by atoms with van der Waals surface area (Å²) in [5.41, 5.74) is 0.436. The molecule has 1 heterocycles. The maximum atomic E-state index is 12.2. The number of hydrogen-bond donors (Lipinski definition) is 2. The van der Waals surface area contributed by atoms with Crippen LogP contribution in [0, 0.1) is 5.41 Å². The highest BCUT2D eigenvalue weighted by molar-refractivity contribution is 5.94. The van der Waals surface area contributed by atoms with E-state index in [1.807, 2.05) is 26.1 Å². The SMILES string of the molecule is CCC(CC)(CNC(=O)c1ccc(-n2cccn2)cc1)C(=O)O. The van der Waals surface area contributed by atoms with E-state index in [0.29, 0.717) is 18.4 Å². The number of carbonyl (C=O) groups excluding carboxylic acids is 1. The van der Waals surface area contributed by atoms with Gasteiger partial charge in [0.2, 0.25) is 0 Å². The van der Waals surface area contributed by atoms with Gasteiger partial charge in [0.05, 0.1) is 11.1 Å². The van der Waals surface area contributed by atoms with Crippen molar-refractivity contribution in [1.82, 2.24) is 15.1 Å². The first kappa shape index (κ1) is 16.7. The van der Waals surface area contributed by atoms with E-state index in [0.717, 1.165) is 5.69 Å². The second-order valence-corrected chi connectivity index (χ2v) is 5.47. The molecule has 0 bridgehead atoms. The molecule has 0 radical (unpaired) electrons. The number of nitrogens with one attached hydrogen (secondary N) is 1. The van der Waals surface area contributed by atoms with Crippen LogP contribution in [0.25, 0.3) is 5.69 Å². The molecule has 0 aliphatic carbocycles. The molecule has 0 aliphatic rings. The van der Waals surface area contributed by atoms with Crippen LogP contribution in [0.15, 0.2) is 42.7 Å². The van der Waals surface area contributed by atoms with Gasteiger partial charge >= 0.3 is 5.97 Å². The van der Waals surface area contributed by atoms with E-state index in [9.17, 15) is 14.7 Å². The molecular formula is C17H21N3O3. The van der Waals surface area contributed by atoms with E-state index in [2.05, 4.69) is 10.4 Å². The Bertz CT molecular complexity index is 659. The number of rotatable bonds is 7. The van der Waals surface area contributed by atoms with Crippen molar-refractivity contribution in [1.29, 1.82) is 0 Å². The Hall–Kier alpha value is -2.63. The predicted octanol–water partition coefficient (Wildman–Crippen LogP) is 2.49. The Labute approximate surface area is 135 Å². The molecule has 0 unspecified atom stereocenters. The van der Waals surface area contributed by atoms with Crippen LogP contribution in [0.1, 0.15) is 37.0 Å². The van der Waals surface area contributed by atoms with Gasteiger partial charge in [0.25, 0.3) is 5.91 Å². The monoisotopic (exact) mass is 315 g/mol. The van der Waals surface area contributed by atoms with Gasteiger partial charge in [-0.05, 0) is 43.2 Å². The van der Waals surface area contributed by atoms with Gasteiger partial charge in [-0.25, -0.2) is 4.68 Å². The first-order chi connectivity index (χ1) is 11.0. The molecule has 0 saturated heterocycles. The molecule has 23 heavy (non-hydrogen) atoms. The van der Waals surface area contributed by atoms with Crippen molar-refractivity contribution in [2.75, 3.05) is 6.54 Å². The normalized spacial score (nSPS) is 11.2. The number of carboxylic acids is 1. The number of aliphatic carboxylic acids is 1. The van der Waals surface area contributed by atoms with Crippen molar-refractivity contribution >= 4 is 11.9 Å².